The maximum Gasteiger partial charge on any atom is 0.277 e. The van der Waals surface area contributed by atoms with Crippen molar-refractivity contribution in [1.29, 1.82) is 0 Å². The molecule has 1 aromatic rings. The second kappa shape index (κ2) is 6.54. The van der Waals surface area contributed by atoms with Crippen LogP contribution in [0.2, 0.25) is 0 Å². The molecule has 120 valence electrons. The Kier molecular flexibility index (Phi) is 4.48. The highest BCUT2D eigenvalue weighted by Gasteiger charge is 2.37. The van der Waals surface area contributed by atoms with Crippen molar-refractivity contribution in [1.82, 2.24) is 9.80 Å². The van der Waals surface area contributed by atoms with Gasteiger partial charge in [0.15, 0.2) is 5.11 Å². The van der Waals surface area contributed by atoms with Gasteiger partial charge in [0, 0.05) is 31.5 Å². The zero-order valence-corrected chi connectivity index (χ0v) is 14.3. The van der Waals surface area contributed by atoms with E-state index in [1.54, 1.807) is 4.90 Å². The van der Waals surface area contributed by atoms with Crippen molar-refractivity contribution < 1.29 is 4.79 Å². The predicted octanol–water partition coefficient (Wildman–Crippen LogP) is 3.13. The Balaban J connectivity index is 2.00. The van der Waals surface area contributed by atoms with Crippen molar-refractivity contribution in [2.24, 2.45) is 0 Å². The highest BCUT2D eigenvalue weighted by molar-refractivity contribution is 7.80. The van der Waals surface area contributed by atoms with Gasteiger partial charge in [-0.3, -0.25) is 14.6 Å². The second-order valence-corrected chi connectivity index (χ2v) is 6.10. The lowest BCUT2D eigenvalue weighted by atomic mass is 10.2. The van der Waals surface area contributed by atoms with Gasteiger partial charge in [-0.2, -0.15) is 0 Å². The Bertz CT molecular complexity index is 681. The molecular weight excluding hydrogens is 306 g/mol. The molecule has 0 bridgehead atoms. The number of carbonyl (C=O) groups is 1. The maximum atomic E-state index is 12.7. The molecule has 0 radical (unpaired) electrons. The summed E-state index contributed by atoms with van der Waals surface area (Å²) in [5.74, 6) is -0.0288. The Morgan fingerprint density at radius 3 is 2.57 bits per heavy atom. The predicted molar refractivity (Wildman–Crippen MR) is 96.9 cm³/mol. The number of carbonyl (C=O) groups excluding carboxylic acids is 1. The van der Waals surface area contributed by atoms with Crippen LogP contribution in [0.3, 0.4) is 0 Å². The molecule has 0 N–H and O–H groups in total. The first-order chi connectivity index (χ1) is 11.1. The minimum Gasteiger partial charge on any atom is -0.378 e. The number of hydrogen-bond acceptors (Lipinski definition) is 3. The van der Waals surface area contributed by atoms with Gasteiger partial charge in [-0.15, -0.1) is 0 Å². The van der Waals surface area contributed by atoms with Gasteiger partial charge in [-0.1, -0.05) is 18.2 Å². The first-order valence-electron chi connectivity index (χ1n) is 7.96. The summed E-state index contributed by atoms with van der Waals surface area (Å²) >= 11 is 5.53. The van der Waals surface area contributed by atoms with Crippen LogP contribution >= 0.6 is 12.2 Å². The van der Waals surface area contributed by atoms with E-state index in [1.165, 1.54) is 12.1 Å². The summed E-state index contributed by atoms with van der Waals surface area (Å²) < 4.78 is 0. The molecule has 1 aromatic carbocycles. The van der Waals surface area contributed by atoms with E-state index in [1.807, 2.05) is 48.2 Å². The first kappa shape index (κ1) is 15.7. The molecule has 2 fully saturated rings. The van der Waals surface area contributed by atoms with Gasteiger partial charge >= 0.3 is 0 Å². The Hall–Kier alpha value is -2.14. The molecule has 0 spiro atoms. The smallest absolute Gasteiger partial charge is 0.277 e. The van der Waals surface area contributed by atoms with E-state index in [-0.39, 0.29) is 5.91 Å². The van der Waals surface area contributed by atoms with E-state index >= 15 is 0 Å². The summed E-state index contributed by atoms with van der Waals surface area (Å²) in [6.45, 7) is 3.60. The summed E-state index contributed by atoms with van der Waals surface area (Å²) in [7, 11) is 2.09. The third-order valence-corrected chi connectivity index (χ3v) is 4.71. The molecule has 3 rings (SSSR count). The number of thiocarbonyl (C=S) groups is 1. The van der Waals surface area contributed by atoms with Gasteiger partial charge in [0.2, 0.25) is 0 Å². The summed E-state index contributed by atoms with van der Waals surface area (Å²) in [6, 6.07) is 9.82. The second-order valence-electron chi connectivity index (χ2n) is 5.74. The number of rotatable bonds is 3. The number of likely N-dealkylation sites (tertiary alicyclic amines) is 1. The maximum absolute atomic E-state index is 12.7. The number of nitrogens with zero attached hydrogens (tertiary/aromatic N) is 3. The molecule has 0 unspecified atom stereocenters. The van der Waals surface area contributed by atoms with Crippen molar-refractivity contribution in [3.8, 4) is 0 Å². The van der Waals surface area contributed by atoms with Gasteiger partial charge < -0.3 is 4.90 Å². The van der Waals surface area contributed by atoms with Crippen molar-refractivity contribution in [3.63, 3.8) is 0 Å². The van der Waals surface area contributed by atoms with Crippen LogP contribution in [0.5, 0.6) is 0 Å². The molecule has 2 heterocycles. The Labute approximate surface area is 142 Å². The number of hydrogen-bond donors (Lipinski definition) is 0. The van der Waals surface area contributed by atoms with Crippen LogP contribution in [0.25, 0.3) is 0 Å². The van der Waals surface area contributed by atoms with Crippen LogP contribution in [-0.4, -0.2) is 41.0 Å². The molecule has 23 heavy (non-hydrogen) atoms. The van der Waals surface area contributed by atoms with Crippen molar-refractivity contribution in [2.75, 3.05) is 25.0 Å². The lowest BCUT2D eigenvalue weighted by Crippen LogP contribution is -2.32. The minimum atomic E-state index is -0.0288. The molecule has 4 nitrogen and oxygen atoms in total. The van der Waals surface area contributed by atoms with Crippen molar-refractivity contribution in [3.05, 3.63) is 53.9 Å². The average Bonchev–Trinajstić information content (AvgIpc) is 3.07. The summed E-state index contributed by atoms with van der Waals surface area (Å²) in [6.07, 6.45) is 6.19. The van der Waals surface area contributed by atoms with Gasteiger partial charge in [0.05, 0.1) is 0 Å². The van der Waals surface area contributed by atoms with Crippen molar-refractivity contribution >= 4 is 28.9 Å². The molecule has 1 amide bonds. The monoisotopic (exact) mass is 327 g/mol. The molecule has 2 saturated heterocycles. The van der Waals surface area contributed by atoms with Gasteiger partial charge in [-0.25, -0.2) is 0 Å². The third-order valence-electron chi connectivity index (χ3n) is 4.31. The van der Waals surface area contributed by atoms with E-state index in [2.05, 4.69) is 18.0 Å². The zero-order valence-electron chi connectivity index (χ0n) is 13.5. The highest BCUT2D eigenvalue weighted by Crippen LogP contribution is 2.29. The summed E-state index contributed by atoms with van der Waals surface area (Å²) in [5, 5.41) is 0.549. The number of para-hydroxylation sites is 1. The topological polar surface area (TPSA) is 26.8 Å². The number of allylic oxidation sites excluding steroid dienone is 3. The quantitative estimate of drug-likeness (QED) is 0.629. The molecular formula is C18H21N3OS. The molecule has 0 aliphatic carbocycles. The molecule has 2 aliphatic heterocycles. The lowest BCUT2D eigenvalue weighted by molar-refractivity contribution is -0.122. The molecule has 2 aliphatic rings. The summed E-state index contributed by atoms with van der Waals surface area (Å²) in [5.41, 5.74) is 2.81. The number of benzene rings is 1. The van der Waals surface area contributed by atoms with Crippen LogP contribution in [0.4, 0.5) is 5.69 Å². The Morgan fingerprint density at radius 2 is 1.96 bits per heavy atom. The van der Waals surface area contributed by atoms with E-state index in [9.17, 15) is 4.79 Å². The van der Waals surface area contributed by atoms with Crippen LogP contribution in [0, 0.1) is 0 Å². The summed E-state index contributed by atoms with van der Waals surface area (Å²) in [4.78, 5) is 18.5. The van der Waals surface area contributed by atoms with Crippen LogP contribution in [0.15, 0.2) is 53.9 Å². The average molecular weight is 327 g/mol. The van der Waals surface area contributed by atoms with Gasteiger partial charge in [-0.05, 0) is 56.3 Å². The SMILES string of the molecule is CCN1C(=O)C(=CC=C2CCCN2C)N(c2ccccc2)C1=S. The fourth-order valence-electron chi connectivity index (χ4n) is 3.01. The number of likely N-dealkylation sites (N-methyl/N-ethyl adjacent to an activating group) is 1. The van der Waals surface area contributed by atoms with Crippen LogP contribution < -0.4 is 4.90 Å². The lowest BCUT2D eigenvalue weighted by Gasteiger charge is -2.19. The van der Waals surface area contributed by atoms with E-state index in [0.717, 1.165) is 18.7 Å². The van der Waals surface area contributed by atoms with E-state index in [4.69, 9.17) is 12.2 Å². The van der Waals surface area contributed by atoms with Gasteiger partial charge in [0.1, 0.15) is 5.70 Å². The zero-order chi connectivity index (χ0) is 16.4. The molecule has 0 saturated carbocycles. The molecule has 0 aromatic heterocycles. The highest BCUT2D eigenvalue weighted by atomic mass is 32.1. The van der Waals surface area contributed by atoms with Gasteiger partial charge in [0.25, 0.3) is 5.91 Å². The van der Waals surface area contributed by atoms with Crippen LogP contribution in [0.1, 0.15) is 19.8 Å². The minimum absolute atomic E-state index is 0.0288. The first-order valence-corrected chi connectivity index (χ1v) is 8.37. The number of anilines is 1. The standard InChI is InChI=1S/C18H21N3OS/c1-3-20-17(22)16(12-11-14-10-7-13-19(14)2)21(18(20)23)15-8-5-4-6-9-15/h4-6,8-9,11-12H,3,7,10,13H2,1-2H3. The fraction of sp³-hybridized carbons (Fsp3) is 0.333. The fourth-order valence-corrected chi connectivity index (χ4v) is 3.43. The molecule has 5 heteroatoms. The van der Waals surface area contributed by atoms with E-state index in [0.29, 0.717) is 17.4 Å². The van der Waals surface area contributed by atoms with Crippen molar-refractivity contribution in [2.45, 2.75) is 19.8 Å². The van der Waals surface area contributed by atoms with Crippen LogP contribution in [-0.2, 0) is 4.79 Å². The third kappa shape index (κ3) is 2.88. The normalized spacial score (nSPS) is 22.1. The Morgan fingerprint density at radius 1 is 1.22 bits per heavy atom. The molecule has 0 atom stereocenters. The van der Waals surface area contributed by atoms with E-state index < -0.39 is 0 Å². The number of amides is 1. The largest absolute Gasteiger partial charge is 0.378 e.